The molecule has 1 aliphatic rings. The van der Waals surface area contributed by atoms with Crippen LogP contribution in [-0.2, 0) is 11.4 Å². The zero-order valence-electron chi connectivity index (χ0n) is 13.8. The van der Waals surface area contributed by atoms with E-state index in [0.29, 0.717) is 13.2 Å². The van der Waals surface area contributed by atoms with Crippen LogP contribution < -0.4 is 4.74 Å². The van der Waals surface area contributed by atoms with E-state index in [-0.39, 0.29) is 0 Å². The molecule has 0 radical (unpaired) electrons. The number of hydroxylamine groups is 2. The molecule has 3 nitrogen and oxygen atoms in total. The Morgan fingerprint density at radius 3 is 2.04 bits per heavy atom. The minimum absolute atomic E-state index is 0.656. The Bertz CT molecular complexity index is 586. The van der Waals surface area contributed by atoms with Gasteiger partial charge in [0.15, 0.2) is 0 Å². The maximum Gasteiger partial charge on any atom is 0.119 e. The lowest BCUT2D eigenvalue weighted by Crippen LogP contribution is -2.29. The van der Waals surface area contributed by atoms with Gasteiger partial charge in [0.05, 0.1) is 13.2 Å². The van der Waals surface area contributed by atoms with Crippen LogP contribution in [0.4, 0.5) is 0 Å². The Labute approximate surface area is 138 Å². The van der Waals surface area contributed by atoms with E-state index in [1.807, 2.05) is 19.1 Å². The summed E-state index contributed by atoms with van der Waals surface area (Å²) in [6, 6.07) is 16.9. The molecule has 23 heavy (non-hydrogen) atoms. The van der Waals surface area contributed by atoms with Crippen molar-refractivity contribution < 1.29 is 9.57 Å². The Balaban J connectivity index is 1.57. The summed E-state index contributed by atoms with van der Waals surface area (Å²) in [5.41, 5.74) is 3.64. The zero-order valence-corrected chi connectivity index (χ0v) is 13.8. The molecule has 0 unspecified atom stereocenters. The van der Waals surface area contributed by atoms with Crippen molar-refractivity contribution in [3.63, 3.8) is 0 Å². The Hall–Kier alpha value is -1.84. The van der Waals surface area contributed by atoms with Crippen LogP contribution in [0.25, 0.3) is 11.1 Å². The van der Waals surface area contributed by atoms with Crippen molar-refractivity contribution in [1.29, 1.82) is 0 Å². The van der Waals surface area contributed by atoms with Gasteiger partial charge in [0.25, 0.3) is 0 Å². The maximum absolute atomic E-state index is 5.87. The highest BCUT2D eigenvalue weighted by Gasteiger charge is 2.10. The van der Waals surface area contributed by atoms with Gasteiger partial charge in [-0.2, -0.15) is 5.06 Å². The van der Waals surface area contributed by atoms with Crippen LogP contribution in [0.3, 0.4) is 0 Å². The first-order chi connectivity index (χ1) is 11.3. The highest BCUT2D eigenvalue weighted by Crippen LogP contribution is 2.23. The molecule has 0 atom stereocenters. The summed E-state index contributed by atoms with van der Waals surface area (Å²) in [5, 5.41) is 2.10. The number of benzene rings is 2. The average molecular weight is 311 g/mol. The molecule has 0 N–H and O–H groups in total. The largest absolute Gasteiger partial charge is 0.494 e. The molecule has 0 aromatic heterocycles. The van der Waals surface area contributed by atoms with Gasteiger partial charge < -0.3 is 4.74 Å². The number of rotatable bonds is 6. The van der Waals surface area contributed by atoms with Crippen LogP contribution in [0.15, 0.2) is 48.5 Å². The molecule has 0 saturated carbocycles. The summed E-state index contributed by atoms with van der Waals surface area (Å²) in [5.74, 6) is 0.919. The molecule has 2 aromatic carbocycles. The van der Waals surface area contributed by atoms with E-state index in [4.69, 9.17) is 9.57 Å². The van der Waals surface area contributed by atoms with Gasteiger partial charge in [-0.05, 0) is 48.6 Å². The molecule has 1 fully saturated rings. The predicted molar refractivity (Wildman–Crippen MR) is 93.3 cm³/mol. The van der Waals surface area contributed by atoms with E-state index in [1.54, 1.807) is 0 Å². The van der Waals surface area contributed by atoms with Gasteiger partial charge >= 0.3 is 0 Å². The SMILES string of the molecule is CCOc1ccc(-c2ccc(CON3CCCCC3)cc2)cc1. The van der Waals surface area contributed by atoms with E-state index < -0.39 is 0 Å². The van der Waals surface area contributed by atoms with Gasteiger partial charge in [0.2, 0.25) is 0 Å². The van der Waals surface area contributed by atoms with Crippen molar-refractivity contribution in [2.75, 3.05) is 19.7 Å². The number of ether oxygens (including phenoxy) is 1. The smallest absolute Gasteiger partial charge is 0.119 e. The summed E-state index contributed by atoms with van der Waals surface area (Å²) >= 11 is 0. The molecular weight excluding hydrogens is 286 g/mol. The van der Waals surface area contributed by atoms with Crippen molar-refractivity contribution in [3.05, 3.63) is 54.1 Å². The van der Waals surface area contributed by atoms with Crippen LogP contribution >= 0.6 is 0 Å². The average Bonchev–Trinajstić information content (AvgIpc) is 2.62. The van der Waals surface area contributed by atoms with Crippen molar-refractivity contribution >= 4 is 0 Å². The van der Waals surface area contributed by atoms with Gasteiger partial charge in [-0.25, -0.2) is 0 Å². The van der Waals surface area contributed by atoms with Gasteiger partial charge in [-0.1, -0.05) is 42.8 Å². The summed E-state index contributed by atoms with van der Waals surface area (Å²) in [6.45, 7) is 5.47. The topological polar surface area (TPSA) is 21.7 Å². The third-order valence-electron chi connectivity index (χ3n) is 4.18. The fraction of sp³-hybridized carbons (Fsp3) is 0.400. The van der Waals surface area contributed by atoms with Crippen LogP contribution in [0.1, 0.15) is 31.7 Å². The van der Waals surface area contributed by atoms with Crippen LogP contribution in [-0.4, -0.2) is 24.8 Å². The van der Waals surface area contributed by atoms with Gasteiger partial charge in [-0.15, -0.1) is 0 Å². The third kappa shape index (κ3) is 4.57. The second-order valence-corrected chi connectivity index (χ2v) is 5.92. The summed E-state index contributed by atoms with van der Waals surface area (Å²) in [6.07, 6.45) is 3.82. The highest BCUT2D eigenvalue weighted by atomic mass is 16.7. The zero-order chi connectivity index (χ0) is 15.9. The van der Waals surface area contributed by atoms with Crippen molar-refractivity contribution in [2.24, 2.45) is 0 Å². The second kappa shape index (κ2) is 8.14. The molecular formula is C20H25NO2. The van der Waals surface area contributed by atoms with Gasteiger partial charge in [-0.3, -0.25) is 4.84 Å². The maximum atomic E-state index is 5.87. The molecule has 2 aromatic rings. The first-order valence-corrected chi connectivity index (χ1v) is 8.55. The van der Waals surface area contributed by atoms with Crippen LogP contribution in [0.5, 0.6) is 5.75 Å². The van der Waals surface area contributed by atoms with Crippen molar-refractivity contribution in [3.8, 4) is 16.9 Å². The van der Waals surface area contributed by atoms with Gasteiger partial charge in [0, 0.05) is 13.1 Å². The molecule has 0 bridgehead atoms. The highest BCUT2D eigenvalue weighted by molar-refractivity contribution is 5.64. The first-order valence-electron chi connectivity index (χ1n) is 8.55. The molecule has 122 valence electrons. The van der Waals surface area contributed by atoms with E-state index in [2.05, 4.69) is 41.5 Å². The minimum atomic E-state index is 0.656. The quantitative estimate of drug-likeness (QED) is 0.774. The van der Waals surface area contributed by atoms with E-state index in [9.17, 15) is 0 Å². The molecule has 3 rings (SSSR count). The molecule has 1 heterocycles. The molecule has 3 heteroatoms. The molecule has 1 saturated heterocycles. The van der Waals surface area contributed by atoms with Crippen LogP contribution in [0, 0.1) is 0 Å². The number of hydrogen-bond acceptors (Lipinski definition) is 3. The third-order valence-corrected chi connectivity index (χ3v) is 4.18. The fourth-order valence-electron chi connectivity index (χ4n) is 2.86. The fourth-order valence-corrected chi connectivity index (χ4v) is 2.86. The van der Waals surface area contributed by atoms with Crippen molar-refractivity contribution in [2.45, 2.75) is 32.8 Å². The summed E-state index contributed by atoms with van der Waals surface area (Å²) in [7, 11) is 0. The lowest BCUT2D eigenvalue weighted by Gasteiger charge is -2.25. The Kier molecular flexibility index (Phi) is 5.67. The standard InChI is InChI=1S/C20H25NO2/c1-2-22-20-12-10-19(11-13-20)18-8-6-17(7-9-18)16-23-21-14-4-3-5-15-21/h6-13H,2-5,14-16H2,1H3. The normalized spacial score (nSPS) is 15.5. The monoisotopic (exact) mass is 311 g/mol. The summed E-state index contributed by atoms with van der Waals surface area (Å²) < 4.78 is 5.48. The summed E-state index contributed by atoms with van der Waals surface area (Å²) in [4.78, 5) is 5.87. The molecule has 0 spiro atoms. The van der Waals surface area contributed by atoms with E-state index >= 15 is 0 Å². The number of nitrogens with zero attached hydrogens (tertiary/aromatic N) is 1. The lowest BCUT2D eigenvalue weighted by molar-refractivity contribution is -0.178. The van der Waals surface area contributed by atoms with Gasteiger partial charge in [0.1, 0.15) is 5.75 Å². The number of hydrogen-bond donors (Lipinski definition) is 0. The van der Waals surface area contributed by atoms with E-state index in [0.717, 1.165) is 18.8 Å². The van der Waals surface area contributed by atoms with Crippen LogP contribution in [0.2, 0.25) is 0 Å². The van der Waals surface area contributed by atoms with Crippen molar-refractivity contribution in [1.82, 2.24) is 5.06 Å². The Morgan fingerprint density at radius 1 is 0.826 bits per heavy atom. The predicted octanol–water partition coefficient (Wildman–Crippen LogP) is 4.67. The van der Waals surface area contributed by atoms with E-state index in [1.165, 1.54) is 36.0 Å². The number of piperidine rings is 1. The molecule has 1 aliphatic heterocycles. The Morgan fingerprint density at radius 2 is 1.43 bits per heavy atom. The molecule has 0 amide bonds. The second-order valence-electron chi connectivity index (χ2n) is 5.92. The molecule has 0 aliphatic carbocycles. The first kappa shape index (κ1) is 16.0. The lowest BCUT2D eigenvalue weighted by atomic mass is 10.0. The minimum Gasteiger partial charge on any atom is -0.494 e.